The SMILES string of the molecule is CCOc1cc(/C=C2\N=C(c3ccc([N+](=O)[O-])cc3)OC2=O)cc(Br)c1OCc1ccc(Cl)c(Cl)c1. The van der Waals surface area contributed by atoms with E-state index in [0.29, 0.717) is 43.8 Å². The molecular weight excluding hydrogens is 575 g/mol. The lowest BCUT2D eigenvalue weighted by atomic mass is 10.1. The molecule has 0 fully saturated rings. The lowest BCUT2D eigenvalue weighted by Gasteiger charge is -2.15. The normalized spacial score (nSPS) is 13.9. The maximum absolute atomic E-state index is 12.4. The summed E-state index contributed by atoms with van der Waals surface area (Å²) in [5.41, 5.74) is 1.88. The van der Waals surface area contributed by atoms with Crippen molar-refractivity contribution in [2.24, 2.45) is 4.99 Å². The van der Waals surface area contributed by atoms with Crippen LogP contribution < -0.4 is 9.47 Å². The number of rotatable bonds is 8. The first-order valence-corrected chi connectivity index (χ1v) is 12.1. The number of nitrogens with zero attached hydrogens (tertiary/aromatic N) is 2. The Hall–Kier alpha value is -3.40. The highest BCUT2D eigenvalue weighted by molar-refractivity contribution is 9.10. The number of halogens is 3. The van der Waals surface area contributed by atoms with Crippen LogP contribution in [0, 0.1) is 10.1 Å². The summed E-state index contributed by atoms with van der Waals surface area (Å²) in [4.78, 5) is 27.0. The maximum atomic E-state index is 12.4. The van der Waals surface area contributed by atoms with E-state index in [4.69, 9.17) is 37.4 Å². The monoisotopic (exact) mass is 590 g/mol. The fourth-order valence-electron chi connectivity index (χ4n) is 3.28. The van der Waals surface area contributed by atoms with Gasteiger partial charge in [-0.2, -0.15) is 0 Å². The number of non-ortho nitro benzene ring substituents is 1. The van der Waals surface area contributed by atoms with Crippen molar-refractivity contribution < 1.29 is 23.9 Å². The molecule has 1 aliphatic rings. The molecule has 0 atom stereocenters. The highest BCUT2D eigenvalue weighted by atomic mass is 79.9. The Morgan fingerprint density at radius 2 is 1.83 bits per heavy atom. The predicted molar refractivity (Wildman–Crippen MR) is 140 cm³/mol. The molecule has 3 aromatic rings. The molecule has 184 valence electrons. The maximum Gasteiger partial charge on any atom is 0.363 e. The standard InChI is InChI=1S/C25H17BrCl2N2O6/c1-2-34-22-12-15(9-18(26)23(22)35-13-14-3-8-19(27)20(28)10-14)11-21-25(31)36-24(29-21)16-4-6-17(7-5-16)30(32)33/h3-12H,2,13H2,1H3/b21-11-. The third-order valence-electron chi connectivity index (χ3n) is 4.95. The first-order valence-electron chi connectivity index (χ1n) is 10.6. The second-order valence-corrected chi connectivity index (χ2v) is 9.11. The van der Waals surface area contributed by atoms with E-state index in [2.05, 4.69) is 20.9 Å². The van der Waals surface area contributed by atoms with Crippen LogP contribution in [0.15, 0.2) is 69.8 Å². The van der Waals surface area contributed by atoms with Crippen LogP contribution in [0.25, 0.3) is 6.08 Å². The molecular formula is C25H17BrCl2N2O6. The van der Waals surface area contributed by atoms with Crippen molar-refractivity contribution in [3.05, 3.63) is 102 Å². The van der Waals surface area contributed by atoms with Gasteiger partial charge in [0.2, 0.25) is 5.90 Å². The first kappa shape index (κ1) is 25.7. The van der Waals surface area contributed by atoms with Crippen LogP contribution in [0.1, 0.15) is 23.6 Å². The van der Waals surface area contributed by atoms with Gasteiger partial charge in [-0.05, 0) is 76.5 Å². The van der Waals surface area contributed by atoms with Gasteiger partial charge in [-0.1, -0.05) is 29.3 Å². The number of esters is 1. The number of hydrogen-bond acceptors (Lipinski definition) is 7. The van der Waals surface area contributed by atoms with Crippen LogP contribution in [-0.4, -0.2) is 23.4 Å². The molecule has 0 amide bonds. The van der Waals surface area contributed by atoms with E-state index in [1.54, 1.807) is 30.3 Å². The van der Waals surface area contributed by atoms with Gasteiger partial charge in [0.05, 0.1) is 26.0 Å². The zero-order valence-corrected chi connectivity index (χ0v) is 21.8. The van der Waals surface area contributed by atoms with Gasteiger partial charge >= 0.3 is 5.97 Å². The molecule has 8 nitrogen and oxygen atoms in total. The van der Waals surface area contributed by atoms with E-state index in [-0.39, 0.29) is 23.9 Å². The molecule has 11 heteroatoms. The number of nitro groups is 1. The molecule has 0 N–H and O–H groups in total. The van der Waals surface area contributed by atoms with Crippen molar-refractivity contribution in [3.8, 4) is 11.5 Å². The van der Waals surface area contributed by atoms with E-state index in [9.17, 15) is 14.9 Å². The summed E-state index contributed by atoms with van der Waals surface area (Å²) in [6.45, 7) is 2.46. The molecule has 1 aliphatic heterocycles. The zero-order chi connectivity index (χ0) is 25.8. The Balaban J connectivity index is 1.59. The van der Waals surface area contributed by atoms with Gasteiger partial charge in [-0.15, -0.1) is 0 Å². The summed E-state index contributed by atoms with van der Waals surface area (Å²) in [6, 6.07) is 14.3. The summed E-state index contributed by atoms with van der Waals surface area (Å²) < 4.78 is 17.6. The van der Waals surface area contributed by atoms with E-state index in [1.807, 2.05) is 13.0 Å². The average molecular weight is 592 g/mol. The lowest BCUT2D eigenvalue weighted by molar-refractivity contribution is -0.384. The van der Waals surface area contributed by atoms with Gasteiger partial charge in [0.15, 0.2) is 17.2 Å². The van der Waals surface area contributed by atoms with Crippen molar-refractivity contribution in [3.63, 3.8) is 0 Å². The van der Waals surface area contributed by atoms with Gasteiger partial charge in [0.25, 0.3) is 5.69 Å². The number of carbonyl (C=O) groups is 1. The Labute approximate surface area is 224 Å². The van der Waals surface area contributed by atoms with Gasteiger partial charge in [0.1, 0.15) is 6.61 Å². The molecule has 0 spiro atoms. The number of nitro benzene ring substituents is 1. The van der Waals surface area contributed by atoms with Gasteiger partial charge in [-0.25, -0.2) is 9.79 Å². The Bertz CT molecular complexity index is 1410. The highest BCUT2D eigenvalue weighted by Gasteiger charge is 2.25. The summed E-state index contributed by atoms with van der Waals surface area (Å²) >= 11 is 15.6. The second kappa shape index (κ2) is 11.1. The summed E-state index contributed by atoms with van der Waals surface area (Å²) in [6.07, 6.45) is 1.55. The molecule has 0 radical (unpaired) electrons. The fourth-order valence-corrected chi connectivity index (χ4v) is 4.17. The average Bonchev–Trinajstić information content (AvgIpc) is 3.21. The molecule has 0 saturated heterocycles. The molecule has 0 aromatic heterocycles. The van der Waals surface area contributed by atoms with Crippen LogP contribution in [0.5, 0.6) is 11.5 Å². The number of aliphatic imine (C=N–C) groups is 1. The molecule has 0 unspecified atom stereocenters. The fraction of sp³-hybridized carbons (Fsp3) is 0.120. The quantitative estimate of drug-likeness (QED) is 0.121. The van der Waals surface area contributed by atoms with Crippen molar-refractivity contribution in [1.29, 1.82) is 0 Å². The van der Waals surface area contributed by atoms with E-state index in [1.165, 1.54) is 24.3 Å². The highest BCUT2D eigenvalue weighted by Crippen LogP contribution is 2.38. The van der Waals surface area contributed by atoms with Crippen molar-refractivity contribution in [2.45, 2.75) is 13.5 Å². The van der Waals surface area contributed by atoms with Crippen LogP contribution in [-0.2, 0) is 16.1 Å². The van der Waals surface area contributed by atoms with Crippen LogP contribution in [0.2, 0.25) is 10.0 Å². The third-order valence-corrected chi connectivity index (χ3v) is 6.28. The van der Waals surface area contributed by atoms with Gasteiger partial charge < -0.3 is 14.2 Å². The summed E-state index contributed by atoms with van der Waals surface area (Å²) in [5, 5.41) is 11.7. The van der Waals surface area contributed by atoms with Crippen LogP contribution in [0.3, 0.4) is 0 Å². The minimum absolute atomic E-state index is 0.0619. The van der Waals surface area contributed by atoms with Gasteiger partial charge in [0, 0.05) is 17.7 Å². The minimum Gasteiger partial charge on any atom is -0.490 e. The largest absolute Gasteiger partial charge is 0.490 e. The topological polar surface area (TPSA) is 100 Å². The first-order chi connectivity index (χ1) is 17.2. The van der Waals surface area contributed by atoms with Crippen molar-refractivity contribution in [2.75, 3.05) is 6.61 Å². The van der Waals surface area contributed by atoms with Crippen LogP contribution >= 0.6 is 39.1 Å². The van der Waals surface area contributed by atoms with Crippen molar-refractivity contribution in [1.82, 2.24) is 0 Å². The van der Waals surface area contributed by atoms with E-state index < -0.39 is 10.9 Å². The second-order valence-electron chi connectivity index (χ2n) is 7.44. The number of cyclic esters (lactones) is 1. The number of benzene rings is 3. The molecule has 1 heterocycles. The summed E-state index contributed by atoms with van der Waals surface area (Å²) in [5.74, 6) is 0.364. The van der Waals surface area contributed by atoms with Crippen LogP contribution in [0.4, 0.5) is 5.69 Å². The predicted octanol–water partition coefficient (Wildman–Crippen LogP) is 6.99. The molecule has 0 bridgehead atoms. The van der Waals surface area contributed by atoms with E-state index in [0.717, 1.165) is 5.56 Å². The number of hydrogen-bond donors (Lipinski definition) is 0. The van der Waals surface area contributed by atoms with Gasteiger partial charge in [-0.3, -0.25) is 10.1 Å². The molecule has 36 heavy (non-hydrogen) atoms. The molecule has 4 rings (SSSR count). The molecule has 3 aromatic carbocycles. The Morgan fingerprint density at radius 1 is 1.08 bits per heavy atom. The van der Waals surface area contributed by atoms with E-state index >= 15 is 0 Å². The third kappa shape index (κ3) is 5.87. The smallest absolute Gasteiger partial charge is 0.363 e. The Kier molecular flexibility index (Phi) is 7.93. The summed E-state index contributed by atoms with van der Waals surface area (Å²) in [7, 11) is 0. The lowest BCUT2D eigenvalue weighted by Crippen LogP contribution is -2.05. The Morgan fingerprint density at radius 3 is 2.50 bits per heavy atom. The molecule has 0 saturated carbocycles. The minimum atomic E-state index is -0.641. The number of carbonyl (C=O) groups excluding carboxylic acids is 1. The zero-order valence-electron chi connectivity index (χ0n) is 18.7. The molecule has 0 aliphatic carbocycles. The number of ether oxygens (including phenoxy) is 3. The van der Waals surface area contributed by atoms with Crippen molar-refractivity contribution >= 4 is 62.8 Å².